The normalized spacial score (nSPS) is 12.4. The number of aromatic nitrogens is 1. The van der Waals surface area contributed by atoms with E-state index in [-0.39, 0.29) is 0 Å². The standard InChI is InChI=1S/C13H15N3O2S/c1-10(13-4-3-9-14-13)15-16-11-5-7-12(8-6-11)19(2,17)18/h3-9,14,16H,1-2H3. The number of H-pyrrole nitrogens is 1. The van der Waals surface area contributed by atoms with Gasteiger partial charge in [-0.3, -0.25) is 5.43 Å². The quantitative estimate of drug-likeness (QED) is 0.665. The van der Waals surface area contributed by atoms with Crippen LogP contribution in [0.1, 0.15) is 12.6 Å². The number of hydrogen-bond acceptors (Lipinski definition) is 4. The summed E-state index contributed by atoms with van der Waals surface area (Å²) < 4.78 is 22.6. The predicted molar refractivity (Wildman–Crippen MR) is 76.2 cm³/mol. The molecule has 0 bridgehead atoms. The van der Waals surface area contributed by atoms with Crippen LogP contribution in [0, 0.1) is 0 Å². The molecule has 2 N–H and O–H groups in total. The van der Waals surface area contributed by atoms with Crippen molar-refractivity contribution >= 4 is 21.2 Å². The van der Waals surface area contributed by atoms with E-state index in [1.165, 1.54) is 6.26 Å². The third-order valence-electron chi connectivity index (χ3n) is 2.62. The van der Waals surface area contributed by atoms with Crippen LogP contribution < -0.4 is 5.43 Å². The summed E-state index contributed by atoms with van der Waals surface area (Å²) >= 11 is 0. The van der Waals surface area contributed by atoms with Gasteiger partial charge in [-0.15, -0.1) is 0 Å². The Labute approximate surface area is 112 Å². The zero-order chi connectivity index (χ0) is 13.9. The number of benzene rings is 1. The first-order valence-electron chi connectivity index (χ1n) is 5.71. The van der Waals surface area contributed by atoms with Crippen molar-refractivity contribution in [1.82, 2.24) is 4.98 Å². The van der Waals surface area contributed by atoms with Crippen molar-refractivity contribution in [2.75, 3.05) is 11.7 Å². The van der Waals surface area contributed by atoms with Gasteiger partial charge < -0.3 is 4.98 Å². The lowest BCUT2D eigenvalue weighted by Gasteiger charge is -2.03. The summed E-state index contributed by atoms with van der Waals surface area (Å²) in [4.78, 5) is 3.35. The highest BCUT2D eigenvalue weighted by atomic mass is 32.2. The average Bonchev–Trinajstić information content (AvgIpc) is 2.89. The average molecular weight is 277 g/mol. The van der Waals surface area contributed by atoms with Gasteiger partial charge in [-0.2, -0.15) is 5.10 Å². The Balaban J connectivity index is 2.11. The van der Waals surface area contributed by atoms with E-state index in [1.807, 2.05) is 25.3 Å². The molecule has 1 heterocycles. The Morgan fingerprint density at radius 2 is 1.89 bits per heavy atom. The first-order chi connectivity index (χ1) is 8.97. The Hall–Kier alpha value is -2.08. The summed E-state index contributed by atoms with van der Waals surface area (Å²) in [6.45, 7) is 1.88. The summed E-state index contributed by atoms with van der Waals surface area (Å²) in [5.74, 6) is 0. The Kier molecular flexibility index (Phi) is 3.71. The van der Waals surface area contributed by atoms with E-state index in [2.05, 4.69) is 15.5 Å². The molecule has 0 aliphatic rings. The lowest BCUT2D eigenvalue weighted by molar-refractivity contribution is 0.602. The number of nitrogens with zero attached hydrogens (tertiary/aromatic N) is 1. The first kappa shape index (κ1) is 13.4. The molecule has 6 heteroatoms. The van der Waals surface area contributed by atoms with Crippen molar-refractivity contribution in [3.8, 4) is 0 Å². The fourth-order valence-electron chi connectivity index (χ4n) is 1.54. The number of anilines is 1. The molecule has 1 aromatic carbocycles. The molecule has 100 valence electrons. The second kappa shape index (κ2) is 5.27. The molecule has 19 heavy (non-hydrogen) atoms. The van der Waals surface area contributed by atoms with Crippen LogP contribution in [-0.2, 0) is 9.84 Å². The topological polar surface area (TPSA) is 74.3 Å². The van der Waals surface area contributed by atoms with Crippen molar-refractivity contribution in [2.45, 2.75) is 11.8 Å². The van der Waals surface area contributed by atoms with Gasteiger partial charge in [-0.1, -0.05) is 0 Å². The third kappa shape index (κ3) is 3.45. The minimum atomic E-state index is -3.15. The molecule has 0 amide bonds. The number of rotatable bonds is 4. The fourth-order valence-corrected chi connectivity index (χ4v) is 2.17. The molecule has 0 aliphatic heterocycles. The molecule has 5 nitrogen and oxygen atoms in total. The van der Waals surface area contributed by atoms with E-state index in [4.69, 9.17) is 0 Å². The first-order valence-corrected chi connectivity index (χ1v) is 7.60. The Morgan fingerprint density at radius 3 is 2.42 bits per heavy atom. The number of nitrogens with one attached hydrogen (secondary N) is 2. The molecule has 2 aromatic rings. The summed E-state index contributed by atoms with van der Waals surface area (Å²) in [6, 6.07) is 10.3. The summed E-state index contributed by atoms with van der Waals surface area (Å²) in [7, 11) is -3.15. The smallest absolute Gasteiger partial charge is 0.175 e. The van der Waals surface area contributed by atoms with Crippen LogP contribution in [0.4, 0.5) is 5.69 Å². The molecule has 0 saturated heterocycles. The second-order valence-electron chi connectivity index (χ2n) is 4.19. The largest absolute Gasteiger partial charge is 0.360 e. The van der Waals surface area contributed by atoms with Gasteiger partial charge in [-0.25, -0.2) is 8.42 Å². The zero-order valence-corrected chi connectivity index (χ0v) is 11.5. The fraction of sp³-hybridized carbons (Fsp3) is 0.154. The Bertz CT molecular complexity index is 671. The van der Waals surface area contributed by atoms with Gasteiger partial charge in [0.25, 0.3) is 0 Å². The maximum atomic E-state index is 11.3. The van der Waals surface area contributed by atoms with Gasteiger partial charge in [0.2, 0.25) is 0 Å². The van der Waals surface area contributed by atoms with Crippen molar-refractivity contribution in [3.63, 3.8) is 0 Å². The zero-order valence-electron chi connectivity index (χ0n) is 10.7. The van der Waals surface area contributed by atoms with Gasteiger partial charge in [0, 0.05) is 12.5 Å². The van der Waals surface area contributed by atoms with Crippen molar-refractivity contribution in [3.05, 3.63) is 48.3 Å². The number of hydrogen-bond donors (Lipinski definition) is 2. The molecule has 2 rings (SSSR count). The van der Waals surface area contributed by atoms with E-state index >= 15 is 0 Å². The monoisotopic (exact) mass is 277 g/mol. The van der Waals surface area contributed by atoms with E-state index < -0.39 is 9.84 Å². The molecular weight excluding hydrogens is 262 g/mol. The lowest BCUT2D eigenvalue weighted by atomic mass is 10.3. The highest BCUT2D eigenvalue weighted by Crippen LogP contribution is 2.14. The van der Waals surface area contributed by atoms with Gasteiger partial charge in [0.05, 0.1) is 22.0 Å². The SMILES string of the molecule is CC(=NNc1ccc(S(C)(=O)=O)cc1)c1ccc[nH]1. The predicted octanol–water partition coefficient (Wildman–Crippen LogP) is 2.25. The maximum absolute atomic E-state index is 11.3. The molecule has 0 radical (unpaired) electrons. The van der Waals surface area contributed by atoms with Gasteiger partial charge >= 0.3 is 0 Å². The molecule has 0 fully saturated rings. The molecule has 0 spiro atoms. The number of sulfone groups is 1. The minimum absolute atomic E-state index is 0.295. The van der Waals surface area contributed by atoms with Crippen LogP contribution in [0.5, 0.6) is 0 Å². The number of hydrazone groups is 1. The van der Waals surface area contributed by atoms with Crippen LogP contribution in [0.3, 0.4) is 0 Å². The van der Waals surface area contributed by atoms with Crippen LogP contribution in [0.2, 0.25) is 0 Å². The summed E-state index contributed by atoms with van der Waals surface area (Å²) in [6.07, 6.45) is 3.01. The van der Waals surface area contributed by atoms with Gasteiger partial charge in [0.15, 0.2) is 9.84 Å². The lowest BCUT2D eigenvalue weighted by Crippen LogP contribution is -2.00. The van der Waals surface area contributed by atoms with Crippen molar-refractivity contribution < 1.29 is 8.42 Å². The van der Waals surface area contributed by atoms with E-state index in [9.17, 15) is 8.42 Å². The number of aromatic amines is 1. The van der Waals surface area contributed by atoms with Gasteiger partial charge in [-0.05, 0) is 43.3 Å². The van der Waals surface area contributed by atoms with Crippen molar-refractivity contribution in [1.29, 1.82) is 0 Å². The minimum Gasteiger partial charge on any atom is -0.360 e. The van der Waals surface area contributed by atoms with E-state index in [0.29, 0.717) is 4.90 Å². The van der Waals surface area contributed by atoms with Crippen LogP contribution >= 0.6 is 0 Å². The van der Waals surface area contributed by atoms with E-state index in [0.717, 1.165) is 17.1 Å². The van der Waals surface area contributed by atoms with Crippen LogP contribution in [0.25, 0.3) is 0 Å². The Morgan fingerprint density at radius 1 is 1.21 bits per heavy atom. The molecule has 0 atom stereocenters. The summed E-state index contributed by atoms with van der Waals surface area (Å²) in [5, 5.41) is 4.21. The molecule has 0 unspecified atom stereocenters. The maximum Gasteiger partial charge on any atom is 0.175 e. The highest BCUT2D eigenvalue weighted by molar-refractivity contribution is 7.90. The molecule has 1 aromatic heterocycles. The highest BCUT2D eigenvalue weighted by Gasteiger charge is 2.05. The third-order valence-corrected chi connectivity index (χ3v) is 3.75. The van der Waals surface area contributed by atoms with Gasteiger partial charge in [0.1, 0.15) is 0 Å². The van der Waals surface area contributed by atoms with E-state index in [1.54, 1.807) is 24.3 Å². The summed E-state index contributed by atoms with van der Waals surface area (Å²) in [5.41, 5.74) is 5.37. The van der Waals surface area contributed by atoms with Crippen LogP contribution in [-0.4, -0.2) is 25.4 Å². The second-order valence-corrected chi connectivity index (χ2v) is 6.21. The van der Waals surface area contributed by atoms with Crippen molar-refractivity contribution in [2.24, 2.45) is 5.10 Å². The molecular formula is C13H15N3O2S. The molecule has 0 saturated carbocycles. The molecule has 0 aliphatic carbocycles. The van der Waals surface area contributed by atoms with Crippen LogP contribution in [0.15, 0.2) is 52.6 Å².